The van der Waals surface area contributed by atoms with Crippen LogP contribution in [-0.2, 0) is 33.8 Å². The van der Waals surface area contributed by atoms with Crippen LogP contribution in [0, 0.1) is 0 Å². The van der Waals surface area contributed by atoms with E-state index in [9.17, 15) is 9.59 Å². The van der Waals surface area contributed by atoms with E-state index in [0.717, 1.165) is 30.0 Å². The maximum absolute atomic E-state index is 12.0. The molecular formula is C16H19N3O3S2. The first kappa shape index (κ1) is 17.0. The van der Waals surface area contributed by atoms with Gasteiger partial charge in [-0.1, -0.05) is 6.92 Å². The number of amides is 1. The van der Waals surface area contributed by atoms with Gasteiger partial charge in [-0.05, 0) is 19.3 Å². The summed E-state index contributed by atoms with van der Waals surface area (Å²) in [6.45, 7) is 3.01. The second kappa shape index (κ2) is 7.85. The quantitative estimate of drug-likeness (QED) is 0.706. The Bertz CT molecular complexity index is 726. The molecule has 0 bridgehead atoms. The highest BCUT2D eigenvalue weighted by Gasteiger charge is 2.24. The van der Waals surface area contributed by atoms with Crippen molar-refractivity contribution in [1.29, 1.82) is 0 Å². The van der Waals surface area contributed by atoms with Crippen molar-refractivity contribution >= 4 is 39.7 Å². The van der Waals surface area contributed by atoms with Crippen molar-refractivity contribution in [1.82, 2.24) is 9.97 Å². The number of hydrogen-bond acceptors (Lipinski definition) is 7. The number of esters is 1. The van der Waals surface area contributed by atoms with E-state index < -0.39 is 0 Å². The highest BCUT2D eigenvalue weighted by molar-refractivity contribution is 7.14. The van der Waals surface area contributed by atoms with E-state index in [-0.39, 0.29) is 24.9 Å². The molecule has 8 heteroatoms. The van der Waals surface area contributed by atoms with E-state index in [1.165, 1.54) is 11.3 Å². The molecule has 24 heavy (non-hydrogen) atoms. The zero-order valence-electron chi connectivity index (χ0n) is 13.5. The largest absolute Gasteiger partial charge is 0.459 e. The van der Waals surface area contributed by atoms with Crippen LogP contribution in [0.3, 0.4) is 0 Å². The molecule has 2 aromatic heterocycles. The summed E-state index contributed by atoms with van der Waals surface area (Å²) in [5, 5.41) is 5.48. The summed E-state index contributed by atoms with van der Waals surface area (Å²) in [5.41, 5.74) is 1.43. The van der Waals surface area contributed by atoms with Crippen molar-refractivity contribution in [2.45, 2.75) is 45.6 Å². The molecule has 2 aromatic rings. The molecule has 0 saturated carbocycles. The maximum atomic E-state index is 12.0. The predicted octanol–water partition coefficient (Wildman–Crippen LogP) is 2.96. The van der Waals surface area contributed by atoms with Crippen LogP contribution in [0.1, 0.15) is 42.6 Å². The molecule has 1 aliphatic rings. The van der Waals surface area contributed by atoms with Crippen LogP contribution in [0.5, 0.6) is 0 Å². The highest BCUT2D eigenvalue weighted by Crippen LogP contribution is 2.25. The van der Waals surface area contributed by atoms with E-state index in [0.29, 0.717) is 23.8 Å². The normalized spacial score (nSPS) is 14.4. The first-order valence-electron chi connectivity index (χ1n) is 7.99. The Kier molecular flexibility index (Phi) is 5.57. The van der Waals surface area contributed by atoms with Crippen LogP contribution in [0.15, 0.2) is 10.8 Å². The molecule has 1 aliphatic heterocycles. The number of aryl methyl sites for hydroxylation is 1. The maximum Gasteiger partial charge on any atom is 0.312 e. The van der Waals surface area contributed by atoms with E-state index in [1.807, 2.05) is 10.8 Å². The van der Waals surface area contributed by atoms with Gasteiger partial charge in [0.15, 0.2) is 5.13 Å². The van der Waals surface area contributed by atoms with Gasteiger partial charge in [-0.3, -0.25) is 14.5 Å². The molecule has 1 amide bonds. The Hall–Kier alpha value is -1.80. The Labute approximate surface area is 148 Å². The first-order valence-corrected chi connectivity index (χ1v) is 9.75. The number of anilines is 1. The van der Waals surface area contributed by atoms with E-state index >= 15 is 0 Å². The first-order chi connectivity index (χ1) is 11.7. The average molecular weight is 365 g/mol. The van der Waals surface area contributed by atoms with E-state index in [4.69, 9.17) is 4.74 Å². The molecule has 3 rings (SSSR count). The molecule has 128 valence electrons. The van der Waals surface area contributed by atoms with Crippen LogP contribution in [0.4, 0.5) is 5.13 Å². The van der Waals surface area contributed by atoms with Crippen molar-refractivity contribution in [3.8, 4) is 0 Å². The summed E-state index contributed by atoms with van der Waals surface area (Å²) in [6.07, 6.45) is 3.56. The fourth-order valence-corrected chi connectivity index (χ4v) is 4.20. The summed E-state index contributed by atoms with van der Waals surface area (Å²) in [5.74, 6) is -0.227. The number of hydrogen-bond donors (Lipinski definition) is 0. The number of carbonyl (C=O) groups excluding carboxylic acids is 2. The van der Waals surface area contributed by atoms with Gasteiger partial charge in [0.2, 0.25) is 5.91 Å². The zero-order chi connectivity index (χ0) is 16.9. The minimum atomic E-state index is -0.329. The molecule has 0 N–H and O–H groups in total. The lowest BCUT2D eigenvalue weighted by molar-refractivity contribution is -0.144. The lowest BCUT2D eigenvalue weighted by Gasteiger charge is -2.10. The predicted molar refractivity (Wildman–Crippen MR) is 93.3 cm³/mol. The van der Waals surface area contributed by atoms with Gasteiger partial charge in [-0.15, -0.1) is 22.7 Å². The molecule has 0 aliphatic carbocycles. The second-order valence-electron chi connectivity index (χ2n) is 5.59. The Balaban J connectivity index is 1.49. The molecular weight excluding hydrogens is 346 g/mol. The fourth-order valence-electron chi connectivity index (χ4n) is 2.45. The van der Waals surface area contributed by atoms with Gasteiger partial charge < -0.3 is 4.74 Å². The fraction of sp³-hybridized carbons (Fsp3) is 0.500. The average Bonchev–Trinajstić information content (AvgIpc) is 3.27. The standard InChI is InChI=1S/C16H19N3O3S2/c1-2-4-13-17-12(10-23-13)8-22-15(21)7-11-9-24-16(18-11)19-6-3-5-14(19)20/h9-10H,2-8H2,1H3. The van der Waals surface area contributed by atoms with Gasteiger partial charge in [0.05, 0.1) is 22.8 Å². The SMILES string of the molecule is CCCc1nc(COC(=O)Cc2csc(N3CCCC3=O)n2)cs1. The number of ether oxygens (including phenoxy) is 1. The number of thiazole rings is 2. The van der Waals surface area contributed by atoms with Crippen LogP contribution in [0.25, 0.3) is 0 Å². The van der Waals surface area contributed by atoms with Gasteiger partial charge in [-0.25, -0.2) is 9.97 Å². The zero-order valence-corrected chi connectivity index (χ0v) is 15.1. The Morgan fingerprint density at radius 3 is 2.88 bits per heavy atom. The second-order valence-corrected chi connectivity index (χ2v) is 7.37. The van der Waals surface area contributed by atoms with Gasteiger partial charge in [0, 0.05) is 23.7 Å². The van der Waals surface area contributed by atoms with Gasteiger partial charge >= 0.3 is 5.97 Å². The molecule has 6 nitrogen and oxygen atoms in total. The summed E-state index contributed by atoms with van der Waals surface area (Å²) in [7, 11) is 0. The van der Waals surface area contributed by atoms with E-state index in [2.05, 4.69) is 16.9 Å². The van der Waals surface area contributed by atoms with Crippen molar-refractivity contribution in [2.75, 3.05) is 11.4 Å². The third-order valence-electron chi connectivity index (χ3n) is 3.61. The summed E-state index contributed by atoms with van der Waals surface area (Å²) in [4.78, 5) is 34.1. The lowest BCUT2D eigenvalue weighted by atomic mass is 10.3. The lowest BCUT2D eigenvalue weighted by Crippen LogP contribution is -2.23. The Morgan fingerprint density at radius 2 is 2.12 bits per heavy atom. The molecule has 0 unspecified atom stereocenters. The number of aromatic nitrogens is 2. The molecule has 1 saturated heterocycles. The minimum Gasteiger partial charge on any atom is -0.459 e. The topological polar surface area (TPSA) is 72.4 Å². The van der Waals surface area contributed by atoms with Crippen LogP contribution < -0.4 is 4.90 Å². The third-order valence-corrected chi connectivity index (χ3v) is 5.48. The van der Waals surface area contributed by atoms with Gasteiger partial charge in [0.25, 0.3) is 0 Å². The summed E-state index contributed by atoms with van der Waals surface area (Å²) < 4.78 is 5.27. The van der Waals surface area contributed by atoms with Crippen molar-refractivity contribution in [3.63, 3.8) is 0 Å². The van der Waals surface area contributed by atoms with Crippen LogP contribution >= 0.6 is 22.7 Å². The highest BCUT2D eigenvalue weighted by atomic mass is 32.1. The van der Waals surface area contributed by atoms with Gasteiger partial charge in [0.1, 0.15) is 6.61 Å². The molecule has 0 aromatic carbocycles. The van der Waals surface area contributed by atoms with Crippen molar-refractivity contribution in [2.24, 2.45) is 0 Å². The summed E-state index contributed by atoms with van der Waals surface area (Å²) in [6, 6.07) is 0. The third kappa shape index (κ3) is 4.18. The molecule has 0 atom stereocenters. The number of nitrogens with zero attached hydrogens (tertiary/aromatic N) is 3. The minimum absolute atomic E-state index is 0.102. The molecule has 3 heterocycles. The number of carbonyl (C=O) groups is 2. The molecule has 0 radical (unpaired) electrons. The molecule has 1 fully saturated rings. The van der Waals surface area contributed by atoms with Crippen molar-refractivity contribution in [3.05, 3.63) is 27.2 Å². The van der Waals surface area contributed by atoms with Crippen LogP contribution in [-0.4, -0.2) is 28.4 Å². The van der Waals surface area contributed by atoms with Crippen LogP contribution in [0.2, 0.25) is 0 Å². The Morgan fingerprint density at radius 1 is 1.29 bits per heavy atom. The smallest absolute Gasteiger partial charge is 0.312 e. The van der Waals surface area contributed by atoms with Crippen molar-refractivity contribution < 1.29 is 14.3 Å². The van der Waals surface area contributed by atoms with E-state index in [1.54, 1.807) is 16.2 Å². The number of rotatable bonds is 7. The summed E-state index contributed by atoms with van der Waals surface area (Å²) >= 11 is 2.99. The molecule has 0 spiro atoms. The monoisotopic (exact) mass is 365 g/mol. The van der Waals surface area contributed by atoms with Gasteiger partial charge in [-0.2, -0.15) is 0 Å².